The third-order valence-electron chi connectivity index (χ3n) is 6.56. The van der Waals surface area contributed by atoms with Crippen LogP contribution in [-0.4, -0.2) is 34.8 Å². The number of halogens is 3. The van der Waals surface area contributed by atoms with E-state index >= 15 is 0 Å². The number of hydrogen-bond donors (Lipinski definition) is 0. The first-order valence-corrected chi connectivity index (χ1v) is 12.7. The van der Waals surface area contributed by atoms with Crippen LogP contribution in [0.25, 0.3) is 0 Å². The summed E-state index contributed by atoms with van der Waals surface area (Å²) >= 11 is 0. The van der Waals surface area contributed by atoms with Gasteiger partial charge < -0.3 is 4.55 Å². The Balaban J connectivity index is 0.000000390. The van der Waals surface area contributed by atoms with Crippen LogP contribution >= 0.6 is 0 Å². The third kappa shape index (κ3) is 5.93. The van der Waals surface area contributed by atoms with E-state index in [1.807, 2.05) is 0 Å². The number of alkyl halides is 3. The number of nitrogens with zero attached hydrogens (tertiary/aromatic N) is 1. The van der Waals surface area contributed by atoms with Gasteiger partial charge in [-0.3, -0.25) is 0 Å². The normalized spacial score (nSPS) is 20.3. The van der Waals surface area contributed by atoms with Gasteiger partial charge in [-0.1, -0.05) is 65.2 Å². The average molecular weight is 476 g/mol. The first-order chi connectivity index (χ1) is 14.5. The van der Waals surface area contributed by atoms with Crippen molar-refractivity contribution in [2.24, 2.45) is 5.41 Å². The van der Waals surface area contributed by atoms with Crippen LogP contribution < -0.4 is 0 Å². The molecular weight excluding hydrogens is 439 g/mol. The summed E-state index contributed by atoms with van der Waals surface area (Å²) in [4.78, 5) is 0. The molecule has 0 unspecified atom stereocenters. The van der Waals surface area contributed by atoms with Crippen molar-refractivity contribution < 1.29 is 30.7 Å². The van der Waals surface area contributed by atoms with E-state index in [0.29, 0.717) is 17.3 Å². The van der Waals surface area contributed by atoms with Crippen molar-refractivity contribution in [3.05, 3.63) is 29.3 Å². The fourth-order valence-corrected chi connectivity index (χ4v) is 5.16. The number of rotatable bonds is 3. The number of benzene rings is 1. The van der Waals surface area contributed by atoms with E-state index in [9.17, 15) is 13.2 Å². The summed E-state index contributed by atoms with van der Waals surface area (Å²) in [6, 6.07) is 6.96. The zero-order valence-electron chi connectivity index (χ0n) is 19.9. The zero-order valence-corrected chi connectivity index (χ0v) is 20.7. The van der Waals surface area contributed by atoms with Gasteiger partial charge in [-0.25, -0.2) is 8.42 Å². The van der Waals surface area contributed by atoms with Gasteiger partial charge in [0, 0.05) is 31.4 Å². The second-order valence-corrected chi connectivity index (χ2v) is 11.8. The molecule has 32 heavy (non-hydrogen) atoms. The van der Waals surface area contributed by atoms with Crippen molar-refractivity contribution >= 4 is 22.0 Å². The number of hydrogen-bond acceptors (Lipinski definition) is 3. The zero-order chi connectivity index (χ0) is 24.5. The van der Waals surface area contributed by atoms with Crippen molar-refractivity contribution in [3.8, 4) is 0 Å². The van der Waals surface area contributed by atoms with Gasteiger partial charge in [0.2, 0.25) is 5.69 Å². The first-order valence-electron chi connectivity index (χ1n) is 11.3. The van der Waals surface area contributed by atoms with Gasteiger partial charge in [0.1, 0.15) is 0 Å². The highest BCUT2D eigenvalue weighted by molar-refractivity contribution is 7.86. The first kappa shape index (κ1) is 26.8. The molecule has 0 atom stereocenters. The van der Waals surface area contributed by atoms with Crippen molar-refractivity contribution in [2.45, 2.75) is 103 Å². The quantitative estimate of drug-likeness (QED) is 0.273. The van der Waals surface area contributed by atoms with E-state index in [4.69, 9.17) is 13.0 Å². The molecule has 1 aromatic rings. The number of para-hydroxylation sites is 1. The lowest BCUT2D eigenvalue weighted by Crippen LogP contribution is -2.31. The molecule has 1 aliphatic heterocycles. The summed E-state index contributed by atoms with van der Waals surface area (Å²) in [5.74, 6) is 1.12. The summed E-state index contributed by atoms with van der Waals surface area (Å²) in [5.41, 5.74) is -0.453. The van der Waals surface area contributed by atoms with Crippen LogP contribution in [0, 0.1) is 5.41 Å². The Bertz CT molecular complexity index is 915. The highest BCUT2D eigenvalue weighted by atomic mass is 32.2. The van der Waals surface area contributed by atoms with Crippen LogP contribution in [0.2, 0.25) is 0 Å². The highest BCUT2D eigenvalue weighted by Crippen LogP contribution is 2.49. The van der Waals surface area contributed by atoms with E-state index in [2.05, 4.69) is 70.5 Å². The summed E-state index contributed by atoms with van der Waals surface area (Å²) in [7, 11) is -6.09. The van der Waals surface area contributed by atoms with Crippen LogP contribution in [0.3, 0.4) is 0 Å². The molecule has 0 N–H and O–H groups in total. The van der Waals surface area contributed by atoms with E-state index in [1.54, 1.807) is 0 Å². The summed E-state index contributed by atoms with van der Waals surface area (Å²) in [6.07, 6.45) is 11.0. The second kappa shape index (κ2) is 9.45. The Hall–Kier alpha value is -1.41. The minimum atomic E-state index is -6.09. The van der Waals surface area contributed by atoms with E-state index in [0.717, 1.165) is 0 Å². The fraction of sp³-hybridized carbons (Fsp3) is 0.708. The van der Waals surface area contributed by atoms with Gasteiger partial charge in [-0.05, 0) is 24.7 Å². The highest BCUT2D eigenvalue weighted by Gasteiger charge is 2.52. The Morgan fingerprint density at radius 1 is 0.969 bits per heavy atom. The van der Waals surface area contributed by atoms with Gasteiger partial charge >= 0.3 is 5.51 Å². The molecule has 0 amide bonds. The molecule has 1 aromatic carbocycles. The topological polar surface area (TPSA) is 60.2 Å². The van der Waals surface area contributed by atoms with Crippen molar-refractivity contribution in [1.82, 2.24) is 0 Å². The smallest absolute Gasteiger partial charge is 0.485 e. The Labute approximate surface area is 190 Å². The standard InChI is InChI=1S/C23H36N.CHF3O3S/c1-17(2)19-11-10-12-20(18(3)4)21(19)24-16-23(15-22(24,5)6)13-8-7-9-14-23;2-1(3,4)8(5,6)7/h10-12,16-18H,7-9,13-15H2,1-6H3;(H,5,6,7)/q+1;/p-1. The lowest BCUT2D eigenvalue weighted by molar-refractivity contribution is -0.513. The predicted molar refractivity (Wildman–Crippen MR) is 121 cm³/mol. The third-order valence-corrected chi connectivity index (χ3v) is 7.12. The lowest BCUT2D eigenvalue weighted by atomic mass is 9.71. The van der Waals surface area contributed by atoms with E-state index in [1.165, 1.54) is 55.3 Å². The molecule has 1 saturated carbocycles. The van der Waals surface area contributed by atoms with Gasteiger partial charge in [-0.15, -0.1) is 0 Å². The van der Waals surface area contributed by atoms with Crippen molar-refractivity contribution in [3.63, 3.8) is 0 Å². The maximum absolute atomic E-state index is 10.7. The van der Waals surface area contributed by atoms with Crippen LogP contribution in [0.1, 0.15) is 103 Å². The van der Waals surface area contributed by atoms with Crippen molar-refractivity contribution in [1.29, 1.82) is 0 Å². The van der Waals surface area contributed by atoms with Crippen molar-refractivity contribution in [2.75, 3.05) is 0 Å². The monoisotopic (exact) mass is 475 g/mol. The minimum Gasteiger partial charge on any atom is -0.741 e. The Morgan fingerprint density at radius 3 is 1.78 bits per heavy atom. The molecule has 0 saturated heterocycles. The fourth-order valence-electron chi connectivity index (χ4n) is 5.16. The predicted octanol–water partition coefficient (Wildman–Crippen LogP) is 6.83. The SMILES string of the molecule is CC(C)c1cccc(C(C)C)c1[N+]1=CC2(CCCCC2)CC1(C)C.O=S(=O)([O-])C(F)(F)F. The van der Waals surface area contributed by atoms with Gasteiger partial charge in [0.25, 0.3) is 0 Å². The molecular formula is C24H36F3NO3S. The second-order valence-electron chi connectivity index (χ2n) is 10.4. The largest absolute Gasteiger partial charge is 0.741 e. The molecule has 8 heteroatoms. The molecule has 0 radical (unpaired) electrons. The molecule has 0 bridgehead atoms. The Kier molecular flexibility index (Phi) is 7.93. The van der Waals surface area contributed by atoms with Crippen LogP contribution in [0.4, 0.5) is 18.9 Å². The van der Waals surface area contributed by atoms with Gasteiger partial charge in [-0.2, -0.15) is 17.7 Å². The van der Waals surface area contributed by atoms with E-state index in [-0.39, 0.29) is 5.54 Å². The lowest BCUT2D eigenvalue weighted by Gasteiger charge is -2.29. The molecule has 1 aliphatic carbocycles. The summed E-state index contributed by atoms with van der Waals surface area (Å²) in [6.45, 7) is 14.2. The minimum absolute atomic E-state index is 0.214. The van der Waals surface area contributed by atoms with E-state index < -0.39 is 15.6 Å². The van der Waals surface area contributed by atoms with Crippen LogP contribution in [0.5, 0.6) is 0 Å². The maximum Gasteiger partial charge on any atom is 0.485 e. The van der Waals surface area contributed by atoms with Crippen LogP contribution in [-0.2, 0) is 10.1 Å². The van der Waals surface area contributed by atoms with Gasteiger partial charge in [0.15, 0.2) is 21.9 Å². The molecule has 1 heterocycles. The molecule has 2 aliphatic rings. The molecule has 1 fully saturated rings. The summed E-state index contributed by atoms with van der Waals surface area (Å²) < 4.78 is 61.6. The molecule has 3 rings (SSSR count). The average Bonchev–Trinajstić information content (AvgIpc) is 2.90. The Morgan fingerprint density at radius 2 is 1.41 bits per heavy atom. The molecule has 182 valence electrons. The molecule has 1 spiro atoms. The maximum atomic E-state index is 10.7. The van der Waals surface area contributed by atoms with Gasteiger partial charge in [0.05, 0.1) is 5.41 Å². The van der Waals surface area contributed by atoms with Crippen LogP contribution in [0.15, 0.2) is 18.2 Å². The molecule has 4 nitrogen and oxygen atoms in total. The molecule has 0 aromatic heterocycles. The summed E-state index contributed by atoms with van der Waals surface area (Å²) in [5, 5.41) is 0.